The molecule has 0 spiro atoms. The number of unbranched alkanes of at least 4 members (excludes halogenated alkanes) is 11. The highest BCUT2D eigenvalue weighted by molar-refractivity contribution is 5.74. The molecule has 0 fully saturated rings. The predicted molar refractivity (Wildman–Crippen MR) is 88.5 cm³/mol. The van der Waals surface area contributed by atoms with Crippen LogP contribution in [0.15, 0.2) is 0 Å². The van der Waals surface area contributed by atoms with Crippen LogP contribution in [0.2, 0.25) is 0 Å². The lowest BCUT2D eigenvalue weighted by Gasteiger charge is -2.12. The number of hydrogen-bond donors (Lipinski definition) is 0. The SMILES string of the molecule is CCCCCCCCCCCCCCC(OC)C(=O)OC. The van der Waals surface area contributed by atoms with E-state index in [2.05, 4.69) is 6.92 Å². The van der Waals surface area contributed by atoms with Gasteiger partial charge in [0.25, 0.3) is 0 Å². The number of carbonyl (C=O) groups excluding carboxylic acids is 1. The van der Waals surface area contributed by atoms with Gasteiger partial charge in [0.05, 0.1) is 7.11 Å². The Hall–Kier alpha value is -0.570. The van der Waals surface area contributed by atoms with Crippen LogP contribution in [0, 0.1) is 0 Å². The molecule has 21 heavy (non-hydrogen) atoms. The van der Waals surface area contributed by atoms with E-state index in [9.17, 15) is 4.79 Å². The van der Waals surface area contributed by atoms with E-state index in [1.807, 2.05) is 0 Å². The summed E-state index contributed by atoms with van der Waals surface area (Å²) in [7, 11) is 2.98. The van der Waals surface area contributed by atoms with Gasteiger partial charge in [0.1, 0.15) is 0 Å². The molecule has 0 amide bonds. The van der Waals surface area contributed by atoms with Gasteiger partial charge >= 0.3 is 5.97 Å². The fourth-order valence-electron chi connectivity index (χ4n) is 2.63. The normalized spacial score (nSPS) is 12.3. The van der Waals surface area contributed by atoms with Crippen molar-refractivity contribution in [2.45, 2.75) is 96.5 Å². The Kier molecular flexibility index (Phi) is 15.4. The lowest BCUT2D eigenvalue weighted by atomic mass is 10.0. The molecule has 126 valence electrons. The molecule has 0 radical (unpaired) electrons. The number of hydrogen-bond acceptors (Lipinski definition) is 3. The largest absolute Gasteiger partial charge is 0.467 e. The standard InChI is InChI=1S/C18H36O3/c1-4-5-6-7-8-9-10-11-12-13-14-15-16-17(20-2)18(19)21-3/h17H,4-16H2,1-3H3. The minimum atomic E-state index is -0.377. The van der Waals surface area contributed by atoms with Crippen LogP contribution in [0.25, 0.3) is 0 Å². The van der Waals surface area contributed by atoms with E-state index in [1.54, 1.807) is 7.11 Å². The van der Waals surface area contributed by atoms with Crippen molar-refractivity contribution in [1.82, 2.24) is 0 Å². The number of rotatable bonds is 15. The summed E-state index contributed by atoms with van der Waals surface area (Å²) in [4.78, 5) is 11.3. The maximum atomic E-state index is 11.3. The average molecular weight is 300 g/mol. The second-order valence-electron chi connectivity index (χ2n) is 5.93. The summed E-state index contributed by atoms with van der Waals surface area (Å²) in [6.07, 6.45) is 16.3. The number of methoxy groups -OCH3 is 2. The average Bonchev–Trinajstić information content (AvgIpc) is 2.51. The van der Waals surface area contributed by atoms with Crippen LogP contribution in [-0.4, -0.2) is 26.3 Å². The smallest absolute Gasteiger partial charge is 0.334 e. The molecule has 0 aliphatic carbocycles. The van der Waals surface area contributed by atoms with Crippen LogP contribution in [0.1, 0.15) is 90.4 Å². The summed E-state index contributed by atoms with van der Waals surface area (Å²) in [6, 6.07) is 0. The molecule has 0 N–H and O–H groups in total. The van der Waals surface area contributed by atoms with Crippen molar-refractivity contribution in [2.75, 3.05) is 14.2 Å². The lowest BCUT2D eigenvalue weighted by Crippen LogP contribution is -2.24. The summed E-state index contributed by atoms with van der Waals surface area (Å²) in [5.74, 6) is -0.249. The quantitative estimate of drug-likeness (QED) is 0.305. The number of ether oxygens (including phenoxy) is 2. The minimum absolute atomic E-state index is 0.249. The summed E-state index contributed by atoms with van der Waals surface area (Å²) in [5.41, 5.74) is 0. The second-order valence-corrected chi connectivity index (χ2v) is 5.93. The molecule has 0 aromatic rings. The third kappa shape index (κ3) is 12.9. The van der Waals surface area contributed by atoms with Crippen molar-refractivity contribution in [3.63, 3.8) is 0 Å². The monoisotopic (exact) mass is 300 g/mol. The van der Waals surface area contributed by atoms with E-state index in [0.717, 1.165) is 12.8 Å². The van der Waals surface area contributed by atoms with Gasteiger partial charge in [0, 0.05) is 7.11 Å². The summed E-state index contributed by atoms with van der Waals surface area (Å²) in [6.45, 7) is 2.26. The molecule has 0 aliphatic rings. The van der Waals surface area contributed by atoms with Gasteiger partial charge in [-0.3, -0.25) is 0 Å². The Balaban J connectivity index is 3.23. The first kappa shape index (κ1) is 20.4. The van der Waals surface area contributed by atoms with Gasteiger partial charge in [-0.25, -0.2) is 4.79 Å². The molecule has 0 bridgehead atoms. The van der Waals surface area contributed by atoms with E-state index < -0.39 is 0 Å². The van der Waals surface area contributed by atoms with E-state index in [-0.39, 0.29) is 12.1 Å². The highest BCUT2D eigenvalue weighted by Crippen LogP contribution is 2.13. The molecular weight excluding hydrogens is 264 g/mol. The van der Waals surface area contributed by atoms with Gasteiger partial charge in [-0.2, -0.15) is 0 Å². The highest BCUT2D eigenvalue weighted by Gasteiger charge is 2.17. The van der Waals surface area contributed by atoms with Gasteiger partial charge in [-0.15, -0.1) is 0 Å². The Morgan fingerprint density at radius 3 is 1.57 bits per heavy atom. The van der Waals surface area contributed by atoms with Crippen LogP contribution in [0.3, 0.4) is 0 Å². The Morgan fingerprint density at radius 1 is 0.762 bits per heavy atom. The van der Waals surface area contributed by atoms with E-state index >= 15 is 0 Å². The lowest BCUT2D eigenvalue weighted by molar-refractivity contribution is -0.152. The van der Waals surface area contributed by atoms with Crippen molar-refractivity contribution in [3.8, 4) is 0 Å². The molecule has 0 aliphatic heterocycles. The molecule has 0 saturated carbocycles. The molecule has 3 nitrogen and oxygen atoms in total. The van der Waals surface area contributed by atoms with Crippen molar-refractivity contribution in [2.24, 2.45) is 0 Å². The zero-order chi connectivity index (χ0) is 15.8. The van der Waals surface area contributed by atoms with Crippen molar-refractivity contribution < 1.29 is 14.3 Å². The molecule has 0 heterocycles. The van der Waals surface area contributed by atoms with Crippen LogP contribution in [-0.2, 0) is 14.3 Å². The maximum absolute atomic E-state index is 11.3. The van der Waals surface area contributed by atoms with Crippen molar-refractivity contribution in [1.29, 1.82) is 0 Å². The fraction of sp³-hybridized carbons (Fsp3) is 0.944. The zero-order valence-electron chi connectivity index (χ0n) is 14.5. The van der Waals surface area contributed by atoms with Gasteiger partial charge in [0.2, 0.25) is 0 Å². The van der Waals surface area contributed by atoms with Gasteiger partial charge in [-0.05, 0) is 6.42 Å². The Bertz CT molecular complexity index is 229. The summed E-state index contributed by atoms with van der Waals surface area (Å²) < 4.78 is 9.83. The first-order valence-corrected chi connectivity index (χ1v) is 8.86. The molecule has 0 saturated heterocycles. The second kappa shape index (κ2) is 15.8. The molecule has 1 atom stereocenters. The third-order valence-corrected chi connectivity index (χ3v) is 4.07. The van der Waals surface area contributed by atoms with Crippen molar-refractivity contribution >= 4 is 5.97 Å². The maximum Gasteiger partial charge on any atom is 0.334 e. The van der Waals surface area contributed by atoms with Crippen molar-refractivity contribution in [3.05, 3.63) is 0 Å². The van der Waals surface area contributed by atoms with Crippen LogP contribution in [0.5, 0.6) is 0 Å². The molecular formula is C18H36O3. The van der Waals surface area contributed by atoms with Gasteiger partial charge < -0.3 is 9.47 Å². The third-order valence-electron chi connectivity index (χ3n) is 4.07. The van der Waals surface area contributed by atoms with Crippen LogP contribution >= 0.6 is 0 Å². The van der Waals surface area contributed by atoms with Gasteiger partial charge in [-0.1, -0.05) is 84.0 Å². The Morgan fingerprint density at radius 2 is 1.19 bits per heavy atom. The van der Waals surface area contributed by atoms with E-state index in [1.165, 1.54) is 77.7 Å². The minimum Gasteiger partial charge on any atom is -0.467 e. The van der Waals surface area contributed by atoms with E-state index in [0.29, 0.717) is 0 Å². The summed E-state index contributed by atoms with van der Waals surface area (Å²) >= 11 is 0. The highest BCUT2D eigenvalue weighted by atomic mass is 16.6. The topological polar surface area (TPSA) is 35.5 Å². The predicted octanol–water partition coefficient (Wildman–Crippen LogP) is 5.27. The van der Waals surface area contributed by atoms with Crippen LogP contribution < -0.4 is 0 Å². The molecule has 1 unspecified atom stereocenters. The van der Waals surface area contributed by atoms with Gasteiger partial charge in [0.15, 0.2) is 6.10 Å². The number of carbonyl (C=O) groups is 1. The first-order chi connectivity index (χ1) is 10.3. The molecule has 0 aromatic heterocycles. The molecule has 0 rings (SSSR count). The van der Waals surface area contributed by atoms with Crippen LogP contribution in [0.4, 0.5) is 0 Å². The number of esters is 1. The molecule has 0 aromatic carbocycles. The Labute approximate surface area is 131 Å². The fourth-order valence-corrected chi connectivity index (χ4v) is 2.63. The first-order valence-electron chi connectivity index (χ1n) is 8.86. The zero-order valence-corrected chi connectivity index (χ0v) is 14.5. The molecule has 3 heteroatoms. The summed E-state index contributed by atoms with van der Waals surface area (Å²) in [5, 5.41) is 0. The van der Waals surface area contributed by atoms with E-state index in [4.69, 9.17) is 9.47 Å².